The molecule has 3 heterocycles. The van der Waals surface area contributed by atoms with Crippen LogP contribution in [0, 0.1) is 6.92 Å². The summed E-state index contributed by atoms with van der Waals surface area (Å²) in [5, 5.41) is 0.237. The summed E-state index contributed by atoms with van der Waals surface area (Å²) in [7, 11) is -3.65. The van der Waals surface area contributed by atoms with Crippen LogP contribution in [0.1, 0.15) is 40.9 Å². The van der Waals surface area contributed by atoms with Crippen molar-refractivity contribution in [1.82, 2.24) is 14.7 Å². The van der Waals surface area contributed by atoms with Crippen molar-refractivity contribution >= 4 is 44.7 Å². The van der Waals surface area contributed by atoms with Gasteiger partial charge in [0.2, 0.25) is 5.71 Å². The molecule has 0 saturated carbocycles. The minimum absolute atomic E-state index is 0.00506. The Kier molecular flexibility index (Phi) is 6.20. The first-order valence-corrected chi connectivity index (χ1v) is 11.7. The van der Waals surface area contributed by atoms with Crippen LogP contribution in [-0.4, -0.2) is 49.3 Å². The second kappa shape index (κ2) is 9.09. The zero-order valence-electron chi connectivity index (χ0n) is 18.3. The van der Waals surface area contributed by atoms with Crippen LogP contribution in [0.3, 0.4) is 0 Å². The van der Waals surface area contributed by atoms with E-state index in [-0.39, 0.29) is 71.0 Å². The van der Waals surface area contributed by atoms with Gasteiger partial charge in [0.05, 0.1) is 29.9 Å². The summed E-state index contributed by atoms with van der Waals surface area (Å²) >= 11 is 0. The number of hydrogen-bond donors (Lipinski definition) is 2. The molecule has 34 heavy (non-hydrogen) atoms. The monoisotopic (exact) mass is 487 g/mol. The van der Waals surface area contributed by atoms with Crippen LogP contribution >= 0.6 is 0 Å². The van der Waals surface area contributed by atoms with E-state index in [4.69, 9.17) is 19.6 Å². The van der Waals surface area contributed by atoms with E-state index in [1.165, 1.54) is 6.07 Å². The average molecular weight is 487 g/mol. The number of carbonyl (C=O) groups is 2. The quantitative estimate of drug-likeness (QED) is 0.464. The minimum atomic E-state index is -3.65. The van der Waals surface area contributed by atoms with Crippen molar-refractivity contribution in [2.24, 2.45) is 4.99 Å². The van der Waals surface area contributed by atoms with Gasteiger partial charge in [-0.1, -0.05) is 12.1 Å². The molecule has 0 saturated heterocycles. The normalized spacial score (nSPS) is 15.2. The predicted molar refractivity (Wildman–Crippen MR) is 119 cm³/mol. The van der Waals surface area contributed by atoms with E-state index in [1.54, 1.807) is 32.0 Å². The highest BCUT2D eigenvalue weighted by Gasteiger charge is 2.30. The van der Waals surface area contributed by atoms with Gasteiger partial charge in [-0.25, -0.2) is 18.2 Å². The molecule has 2 aromatic heterocycles. The van der Waals surface area contributed by atoms with Gasteiger partial charge in [0, 0.05) is 5.56 Å². The van der Waals surface area contributed by atoms with Crippen LogP contribution in [0.5, 0.6) is 0 Å². The second-order valence-corrected chi connectivity index (χ2v) is 8.85. The first-order chi connectivity index (χ1) is 16.2. The molecule has 178 valence electrons. The molecule has 0 atom stereocenters. The fourth-order valence-electron chi connectivity index (χ4n) is 3.42. The number of nitrogens with two attached hydrogens (primary N) is 1. The summed E-state index contributed by atoms with van der Waals surface area (Å²) in [5.74, 6) is -0.645. The van der Waals surface area contributed by atoms with Gasteiger partial charge in [0.25, 0.3) is 10.0 Å². The Balaban J connectivity index is 1.40. The van der Waals surface area contributed by atoms with Gasteiger partial charge in [-0.05, 0) is 26.0 Å². The number of hydrogen-bond acceptors (Lipinski definition) is 11. The Bertz CT molecular complexity index is 1430. The van der Waals surface area contributed by atoms with Crippen LogP contribution in [0.4, 0.5) is 5.82 Å². The molecule has 1 aliphatic rings. The van der Waals surface area contributed by atoms with E-state index in [0.29, 0.717) is 5.56 Å². The molecule has 1 aromatic carbocycles. The zero-order chi connectivity index (χ0) is 24.5. The third kappa shape index (κ3) is 4.41. The van der Waals surface area contributed by atoms with Gasteiger partial charge in [-0.3, -0.25) is 14.5 Å². The van der Waals surface area contributed by atoms with Gasteiger partial charge in [0.15, 0.2) is 12.4 Å². The summed E-state index contributed by atoms with van der Waals surface area (Å²) in [6.07, 6.45) is -0.0992. The third-order valence-corrected chi connectivity index (χ3v) is 6.29. The lowest BCUT2D eigenvalue weighted by Gasteiger charge is -2.05. The number of fused-ring (bicyclic) bond motifs is 2. The minimum Gasteiger partial charge on any atom is -0.462 e. The average Bonchev–Trinajstić information content (AvgIpc) is 3.26. The molecule has 0 spiro atoms. The molecular weight excluding hydrogens is 466 g/mol. The third-order valence-electron chi connectivity index (χ3n) is 4.89. The molecule has 12 nitrogen and oxygen atoms in total. The number of sulfonamides is 1. The second-order valence-electron chi connectivity index (χ2n) is 7.20. The number of aliphatic imine (C=N–C) groups is 1. The lowest BCUT2D eigenvalue weighted by molar-refractivity contribution is -0.144. The summed E-state index contributed by atoms with van der Waals surface area (Å²) < 4.78 is 42.3. The Morgan fingerprint density at radius 1 is 1.21 bits per heavy atom. The van der Waals surface area contributed by atoms with E-state index in [1.807, 2.05) is 0 Å². The highest BCUT2D eigenvalue weighted by molar-refractivity contribution is 7.90. The molecule has 3 N–H and O–H groups in total. The number of aryl methyl sites for hydroxylation is 1. The van der Waals surface area contributed by atoms with E-state index in [0.717, 1.165) is 0 Å². The summed E-state index contributed by atoms with van der Waals surface area (Å²) in [6, 6.07) is 6.43. The number of esters is 2. The Morgan fingerprint density at radius 3 is 2.74 bits per heavy atom. The van der Waals surface area contributed by atoms with Crippen molar-refractivity contribution in [3.8, 4) is 0 Å². The number of benzene rings is 1. The van der Waals surface area contributed by atoms with Gasteiger partial charge >= 0.3 is 11.9 Å². The van der Waals surface area contributed by atoms with Gasteiger partial charge in [0.1, 0.15) is 23.0 Å². The number of ether oxygens (including phenoxy) is 2. The van der Waals surface area contributed by atoms with E-state index < -0.39 is 22.0 Å². The molecule has 3 aromatic rings. The fraction of sp³-hybridized carbons (Fsp3) is 0.286. The summed E-state index contributed by atoms with van der Waals surface area (Å²) in [5.41, 5.74) is 6.67. The maximum Gasteiger partial charge on any atom is 0.342 e. The predicted octanol–water partition coefficient (Wildman–Crippen LogP) is 1.46. The van der Waals surface area contributed by atoms with Gasteiger partial charge in [-0.2, -0.15) is 4.98 Å². The molecule has 0 unspecified atom stereocenters. The Labute approximate surface area is 194 Å². The highest BCUT2D eigenvalue weighted by Crippen LogP contribution is 2.29. The zero-order valence-corrected chi connectivity index (χ0v) is 19.1. The number of carbonyl (C=O) groups excluding carboxylic acids is 2. The highest BCUT2D eigenvalue weighted by atomic mass is 32.2. The topological polar surface area (TPSA) is 176 Å². The number of furan rings is 1. The summed E-state index contributed by atoms with van der Waals surface area (Å²) in [6.45, 7) is 3.17. The van der Waals surface area contributed by atoms with Crippen molar-refractivity contribution < 1.29 is 31.9 Å². The van der Waals surface area contributed by atoms with Crippen LogP contribution < -0.4 is 10.5 Å². The maximum absolute atomic E-state index is 12.2. The SMILES string of the molecule is CCOC(=O)c1c(C)oc2nc(COC(=O)CCN=C3NS(=O)(=O)c4ccccc43)nc(N)c12. The number of anilines is 1. The molecule has 1 aliphatic heterocycles. The molecule has 0 aliphatic carbocycles. The number of amidine groups is 1. The molecule has 0 fully saturated rings. The Morgan fingerprint density at radius 2 is 1.97 bits per heavy atom. The first kappa shape index (κ1) is 23.2. The van der Waals surface area contributed by atoms with Crippen LogP contribution in [-0.2, 0) is 30.9 Å². The number of rotatable bonds is 7. The molecular formula is C21H21N5O7S. The maximum atomic E-state index is 12.2. The lowest BCUT2D eigenvalue weighted by Crippen LogP contribution is -2.22. The van der Waals surface area contributed by atoms with E-state index >= 15 is 0 Å². The molecule has 4 rings (SSSR count). The van der Waals surface area contributed by atoms with Crippen molar-refractivity contribution in [2.75, 3.05) is 18.9 Å². The van der Waals surface area contributed by atoms with Crippen molar-refractivity contribution in [3.63, 3.8) is 0 Å². The standard InChI is InChI=1S/C21H21N5O7S/c1-3-31-21(28)16-11(2)33-20-17(16)18(22)24-14(25-20)10-32-15(27)8-9-23-19-12-6-4-5-7-13(12)34(29,30)26-19/h4-7H,3,8-10H2,1-2H3,(H,23,26)(H2,22,24,25). The lowest BCUT2D eigenvalue weighted by atomic mass is 10.2. The van der Waals surface area contributed by atoms with Crippen LogP contribution in [0.15, 0.2) is 38.6 Å². The number of nitrogens with zero attached hydrogens (tertiary/aromatic N) is 3. The number of aromatic nitrogens is 2. The fourth-order valence-corrected chi connectivity index (χ4v) is 4.68. The van der Waals surface area contributed by atoms with Crippen molar-refractivity contribution in [2.45, 2.75) is 31.8 Å². The molecule has 0 bridgehead atoms. The van der Waals surface area contributed by atoms with Gasteiger partial charge in [-0.15, -0.1) is 0 Å². The number of nitrogen functional groups attached to an aromatic ring is 1. The van der Waals surface area contributed by atoms with E-state index in [2.05, 4.69) is 19.7 Å². The van der Waals surface area contributed by atoms with Crippen molar-refractivity contribution in [3.05, 3.63) is 47.0 Å². The molecule has 0 radical (unpaired) electrons. The van der Waals surface area contributed by atoms with E-state index in [9.17, 15) is 18.0 Å². The van der Waals surface area contributed by atoms with Crippen LogP contribution in [0.25, 0.3) is 11.1 Å². The molecule has 13 heteroatoms. The Hall–Kier alpha value is -4.00. The van der Waals surface area contributed by atoms with Crippen LogP contribution in [0.2, 0.25) is 0 Å². The summed E-state index contributed by atoms with van der Waals surface area (Å²) in [4.78, 5) is 36.9. The van der Waals surface area contributed by atoms with Gasteiger partial charge < -0.3 is 19.6 Å². The van der Waals surface area contributed by atoms with Crippen molar-refractivity contribution in [1.29, 1.82) is 0 Å². The number of nitrogens with one attached hydrogen (secondary N) is 1. The largest absolute Gasteiger partial charge is 0.462 e. The smallest absolute Gasteiger partial charge is 0.342 e. The molecule has 0 amide bonds. The first-order valence-electron chi connectivity index (χ1n) is 10.3.